The number of anilines is 2. The van der Waals surface area contributed by atoms with Gasteiger partial charge >= 0.3 is 0 Å². The molecule has 0 aromatic heterocycles. The van der Waals surface area contributed by atoms with Gasteiger partial charge in [-0.2, -0.15) is 0 Å². The van der Waals surface area contributed by atoms with E-state index in [1.807, 2.05) is 25.1 Å². The minimum Gasteiger partial charge on any atom is -0.494 e. The molecule has 29 heavy (non-hydrogen) atoms. The van der Waals surface area contributed by atoms with Crippen LogP contribution < -0.4 is 20.3 Å². The molecular formula is C21H24ClN3O3S. The van der Waals surface area contributed by atoms with E-state index in [0.717, 1.165) is 25.2 Å². The van der Waals surface area contributed by atoms with Gasteiger partial charge in [0.15, 0.2) is 5.11 Å². The lowest BCUT2D eigenvalue weighted by Crippen LogP contribution is -2.36. The Hall–Kier alpha value is -2.35. The Bertz CT molecular complexity index is 872. The smallest absolute Gasteiger partial charge is 0.257 e. The summed E-state index contributed by atoms with van der Waals surface area (Å²) in [6.45, 7) is 5.63. The molecule has 1 heterocycles. The average Bonchev–Trinajstić information content (AvgIpc) is 2.73. The van der Waals surface area contributed by atoms with Gasteiger partial charge in [-0.1, -0.05) is 24.6 Å². The molecular weight excluding hydrogens is 410 g/mol. The molecule has 0 aliphatic carbocycles. The first kappa shape index (κ1) is 21.4. The molecule has 154 valence electrons. The maximum absolute atomic E-state index is 12.5. The quantitative estimate of drug-likeness (QED) is 0.669. The van der Waals surface area contributed by atoms with Gasteiger partial charge in [-0.3, -0.25) is 10.1 Å². The highest BCUT2D eigenvalue weighted by Gasteiger charge is 2.15. The summed E-state index contributed by atoms with van der Waals surface area (Å²) in [5.74, 6) is 0.351. The van der Waals surface area contributed by atoms with Gasteiger partial charge in [0.1, 0.15) is 5.75 Å². The van der Waals surface area contributed by atoms with Crippen molar-refractivity contribution in [3.05, 3.63) is 53.1 Å². The van der Waals surface area contributed by atoms with Crippen LogP contribution in [0.3, 0.4) is 0 Å². The van der Waals surface area contributed by atoms with Crippen LogP contribution in [-0.2, 0) is 4.74 Å². The van der Waals surface area contributed by atoms with E-state index < -0.39 is 0 Å². The number of carbonyl (C=O) groups is 1. The van der Waals surface area contributed by atoms with Crippen molar-refractivity contribution >= 4 is 46.2 Å². The Morgan fingerprint density at radius 2 is 2.03 bits per heavy atom. The van der Waals surface area contributed by atoms with E-state index in [1.165, 1.54) is 0 Å². The zero-order valence-electron chi connectivity index (χ0n) is 16.2. The van der Waals surface area contributed by atoms with Crippen molar-refractivity contribution in [2.24, 2.45) is 0 Å². The highest BCUT2D eigenvalue weighted by atomic mass is 35.5. The first-order valence-corrected chi connectivity index (χ1v) is 10.3. The van der Waals surface area contributed by atoms with Crippen LogP contribution in [0.2, 0.25) is 5.02 Å². The third-order valence-corrected chi connectivity index (χ3v) is 4.86. The Morgan fingerprint density at radius 1 is 1.24 bits per heavy atom. The second-order valence-electron chi connectivity index (χ2n) is 6.55. The molecule has 1 saturated heterocycles. The summed E-state index contributed by atoms with van der Waals surface area (Å²) < 4.78 is 10.9. The second kappa shape index (κ2) is 10.4. The summed E-state index contributed by atoms with van der Waals surface area (Å²) in [5, 5.41) is 6.50. The van der Waals surface area contributed by atoms with E-state index in [0.29, 0.717) is 41.8 Å². The molecule has 0 unspecified atom stereocenters. The predicted octanol–water partition coefficient (Wildman–Crippen LogP) is 4.09. The lowest BCUT2D eigenvalue weighted by molar-refractivity contribution is 0.0977. The van der Waals surface area contributed by atoms with Gasteiger partial charge in [-0.05, 0) is 55.0 Å². The van der Waals surface area contributed by atoms with Crippen LogP contribution in [0.4, 0.5) is 11.4 Å². The molecule has 1 amide bonds. The van der Waals surface area contributed by atoms with Gasteiger partial charge in [0.25, 0.3) is 5.91 Å². The molecule has 0 spiro atoms. The zero-order chi connectivity index (χ0) is 20.6. The van der Waals surface area contributed by atoms with E-state index in [-0.39, 0.29) is 11.0 Å². The van der Waals surface area contributed by atoms with Gasteiger partial charge < -0.3 is 19.7 Å². The summed E-state index contributed by atoms with van der Waals surface area (Å²) >= 11 is 11.7. The number of hydrogen-bond donors (Lipinski definition) is 2. The van der Waals surface area contributed by atoms with Gasteiger partial charge in [0, 0.05) is 24.3 Å². The van der Waals surface area contributed by atoms with Crippen molar-refractivity contribution in [1.29, 1.82) is 0 Å². The molecule has 2 aromatic rings. The lowest BCUT2D eigenvalue weighted by atomic mass is 10.2. The summed E-state index contributed by atoms with van der Waals surface area (Å²) in [6.07, 6.45) is 0.900. The Balaban J connectivity index is 1.59. The van der Waals surface area contributed by atoms with Gasteiger partial charge in [-0.15, -0.1) is 0 Å². The Labute approximate surface area is 181 Å². The molecule has 0 saturated carbocycles. The summed E-state index contributed by atoms with van der Waals surface area (Å²) in [7, 11) is 0. The Kier molecular flexibility index (Phi) is 7.69. The van der Waals surface area contributed by atoms with Crippen LogP contribution in [0.1, 0.15) is 23.7 Å². The first-order valence-electron chi connectivity index (χ1n) is 9.54. The van der Waals surface area contributed by atoms with Crippen molar-refractivity contribution in [1.82, 2.24) is 5.32 Å². The van der Waals surface area contributed by atoms with Crippen molar-refractivity contribution in [2.75, 3.05) is 43.1 Å². The van der Waals surface area contributed by atoms with Crippen molar-refractivity contribution < 1.29 is 14.3 Å². The maximum Gasteiger partial charge on any atom is 0.257 e. The molecule has 0 bridgehead atoms. The number of nitrogens with one attached hydrogen (secondary N) is 2. The van der Waals surface area contributed by atoms with Crippen LogP contribution in [0.15, 0.2) is 42.5 Å². The number of thiocarbonyl (C=S) groups is 1. The SMILES string of the molecule is CCCOc1cccc(C(=O)NC(=S)Nc2ccc(N3CCOCC3)c(Cl)c2)c1. The third-order valence-electron chi connectivity index (χ3n) is 4.35. The van der Waals surface area contributed by atoms with Gasteiger partial charge in [0.2, 0.25) is 0 Å². The topological polar surface area (TPSA) is 62.8 Å². The molecule has 0 radical (unpaired) electrons. The van der Waals surface area contributed by atoms with Crippen LogP contribution in [-0.4, -0.2) is 43.9 Å². The minimum absolute atomic E-state index is 0.199. The summed E-state index contributed by atoms with van der Waals surface area (Å²) in [4.78, 5) is 14.6. The number of benzene rings is 2. The number of nitrogens with zero attached hydrogens (tertiary/aromatic N) is 1. The first-order chi connectivity index (χ1) is 14.1. The summed E-state index contributed by atoms with van der Waals surface area (Å²) in [5.41, 5.74) is 2.14. The normalized spacial score (nSPS) is 13.7. The largest absolute Gasteiger partial charge is 0.494 e. The van der Waals surface area contributed by atoms with Crippen LogP contribution in [0.5, 0.6) is 5.75 Å². The summed E-state index contributed by atoms with van der Waals surface area (Å²) in [6, 6.07) is 12.6. The van der Waals surface area contributed by atoms with E-state index >= 15 is 0 Å². The van der Waals surface area contributed by atoms with Crippen molar-refractivity contribution in [2.45, 2.75) is 13.3 Å². The number of carbonyl (C=O) groups excluding carboxylic acids is 1. The van der Waals surface area contributed by atoms with Gasteiger partial charge in [-0.25, -0.2) is 0 Å². The molecule has 1 aliphatic heterocycles. The lowest BCUT2D eigenvalue weighted by Gasteiger charge is -2.29. The average molecular weight is 434 g/mol. The molecule has 3 rings (SSSR count). The number of rotatable bonds is 6. The highest BCUT2D eigenvalue weighted by molar-refractivity contribution is 7.80. The number of hydrogen-bond acceptors (Lipinski definition) is 5. The number of ether oxygens (including phenoxy) is 2. The van der Waals surface area contributed by atoms with E-state index in [4.69, 9.17) is 33.3 Å². The fourth-order valence-corrected chi connectivity index (χ4v) is 3.44. The molecule has 0 atom stereocenters. The van der Waals surface area contributed by atoms with Crippen molar-refractivity contribution in [3.8, 4) is 5.75 Å². The molecule has 1 aliphatic rings. The third kappa shape index (κ3) is 6.06. The molecule has 6 nitrogen and oxygen atoms in total. The fourth-order valence-electron chi connectivity index (χ4n) is 2.93. The fraction of sp³-hybridized carbons (Fsp3) is 0.333. The van der Waals surface area contributed by atoms with Crippen LogP contribution in [0.25, 0.3) is 0 Å². The molecule has 8 heteroatoms. The van der Waals surface area contributed by atoms with Crippen LogP contribution >= 0.6 is 23.8 Å². The van der Waals surface area contributed by atoms with E-state index in [9.17, 15) is 4.79 Å². The van der Waals surface area contributed by atoms with E-state index in [1.54, 1.807) is 24.3 Å². The maximum atomic E-state index is 12.5. The molecule has 2 aromatic carbocycles. The van der Waals surface area contributed by atoms with Crippen molar-refractivity contribution in [3.63, 3.8) is 0 Å². The standard InChI is InChI=1S/C21H24ClN3O3S/c1-2-10-28-17-5-3-4-15(13-17)20(26)24-21(29)23-16-6-7-19(18(22)14-16)25-8-11-27-12-9-25/h3-7,13-14H,2,8-12H2,1H3,(H2,23,24,26,29). The Morgan fingerprint density at radius 3 is 2.76 bits per heavy atom. The molecule has 2 N–H and O–H groups in total. The highest BCUT2D eigenvalue weighted by Crippen LogP contribution is 2.29. The number of amides is 1. The van der Waals surface area contributed by atoms with E-state index in [2.05, 4.69) is 15.5 Å². The monoisotopic (exact) mass is 433 g/mol. The molecule has 1 fully saturated rings. The zero-order valence-corrected chi connectivity index (χ0v) is 17.8. The number of morpholine rings is 1. The number of halogens is 1. The van der Waals surface area contributed by atoms with Gasteiger partial charge in [0.05, 0.1) is 30.5 Å². The minimum atomic E-state index is -0.305. The second-order valence-corrected chi connectivity index (χ2v) is 7.37. The predicted molar refractivity (Wildman–Crippen MR) is 120 cm³/mol. The van der Waals surface area contributed by atoms with Crippen LogP contribution in [0, 0.1) is 0 Å².